The van der Waals surface area contributed by atoms with Gasteiger partial charge in [-0.2, -0.15) is 5.06 Å². The van der Waals surface area contributed by atoms with Crippen LogP contribution in [0, 0.1) is 0 Å². The molecule has 2 unspecified atom stereocenters. The number of benzene rings is 1. The molecule has 0 aromatic heterocycles. The number of fused-ring (bicyclic) bond motifs is 1. The van der Waals surface area contributed by atoms with Gasteiger partial charge in [0.1, 0.15) is 5.83 Å². The zero-order chi connectivity index (χ0) is 17.4. The number of imide groups is 1. The van der Waals surface area contributed by atoms with Crippen LogP contribution in [0.4, 0.5) is 4.39 Å². The number of rotatable bonds is 2. The molecular weight excluding hydrogens is 315 g/mol. The molecule has 2 aliphatic heterocycles. The van der Waals surface area contributed by atoms with Gasteiger partial charge in [0, 0.05) is 12.6 Å². The molecule has 2 heterocycles. The molecule has 0 radical (unpaired) electrons. The maximum Gasteiger partial charge on any atom is 0.261 e. The third-order valence-corrected chi connectivity index (χ3v) is 4.52. The number of hydroxylamine groups is 2. The molecule has 2 aliphatic rings. The number of amides is 2. The number of hydrogen-bond donors (Lipinski definition) is 2. The summed E-state index contributed by atoms with van der Waals surface area (Å²) in [6.45, 7) is 1.18. The summed E-state index contributed by atoms with van der Waals surface area (Å²) in [5.74, 6) is -1.74. The third kappa shape index (κ3) is 2.98. The monoisotopic (exact) mass is 334 g/mol. The molecule has 0 bridgehead atoms. The SMILES string of the molecule is CC1CC(O)C/C(=C(\F)CN2C(=O)c3ccccc3C2=O)CN1O. The Hall–Kier alpha value is -2.09. The van der Waals surface area contributed by atoms with Crippen molar-refractivity contribution in [3.8, 4) is 0 Å². The number of carbonyl (C=O) groups is 2. The minimum atomic E-state index is -0.778. The summed E-state index contributed by atoms with van der Waals surface area (Å²) in [5, 5.41) is 20.8. The Morgan fingerprint density at radius 1 is 1.25 bits per heavy atom. The number of aliphatic hydroxyl groups excluding tert-OH is 1. The van der Waals surface area contributed by atoms with Gasteiger partial charge in [-0.25, -0.2) is 4.39 Å². The maximum absolute atomic E-state index is 14.6. The first kappa shape index (κ1) is 16.8. The highest BCUT2D eigenvalue weighted by molar-refractivity contribution is 6.21. The van der Waals surface area contributed by atoms with E-state index in [1.807, 2.05) is 0 Å². The van der Waals surface area contributed by atoms with Gasteiger partial charge in [0.2, 0.25) is 0 Å². The lowest BCUT2D eigenvalue weighted by molar-refractivity contribution is -0.116. The molecule has 1 aromatic carbocycles. The van der Waals surface area contributed by atoms with Crippen molar-refractivity contribution in [2.24, 2.45) is 0 Å². The van der Waals surface area contributed by atoms with E-state index in [0.29, 0.717) is 6.42 Å². The van der Waals surface area contributed by atoms with Crippen molar-refractivity contribution in [3.05, 3.63) is 46.8 Å². The van der Waals surface area contributed by atoms with Crippen molar-refractivity contribution in [1.82, 2.24) is 9.96 Å². The molecule has 3 rings (SSSR count). The summed E-state index contributed by atoms with van der Waals surface area (Å²) in [7, 11) is 0. The first-order chi connectivity index (χ1) is 11.4. The Morgan fingerprint density at radius 2 is 1.83 bits per heavy atom. The Balaban J connectivity index is 1.83. The van der Waals surface area contributed by atoms with Crippen molar-refractivity contribution < 1.29 is 24.3 Å². The molecule has 1 saturated heterocycles. The van der Waals surface area contributed by atoms with Gasteiger partial charge in [0.05, 0.1) is 23.8 Å². The van der Waals surface area contributed by atoms with E-state index in [0.717, 1.165) is 9.96 Å². The summed E-state index contributed by atoms with van der Waals surface area (Å²) in [4.78, 5) is 25.4. The van der Waals surface area contributed by atoms with E-state index in [4.69, 9.17) is 0 Å². The summed E-state index contributed by atoms with van der Waals surface area (Å²) in [6.07, 6.45) is -0.392. The van der Waals surface area contributed by atoms with Crippen molar-refractivity contribution in [2.45, 2.75) is 31.9 Å². The van der Waals surface area contributed by atoms with Gasteiger partial charge in [-0.3, -0.25) is 14.5 Å². The summed E-state index contributed by atoms with van der Waals surface area (Å²) in [5.41, 5.74) is 0.725. The lowest BCUT2D eigenvalue weighted by Gasteiger charge is -2.20. The second-order valence-corrected chi connectivity index (χ2v) is 6.29. The van der Waals surface area contributed by atoms with Gasteiger partial charge in [0.25, 0.3) is 11.8 Å². The van der Waals surface area contributed by atoms with Gasteiger partial charge in [-0.1, -0.05) is 12.1 Å². The predicted molar refractivity (Wildman–Crippen MR) is 83.1 cm³/mol. The van der Waals surface area contributed by atoms with Crippen molar-refractivity contribution >= 4 is 11.8 Å². The van der Waals surface area contributed by atoms with Crippen LogP contribution in [0.5, 0.6) is 0 Å². The lowest BCUT2D eigenvalue weighted by atomic mass is 10.1. The van der Waals surface area contributed by atoms with Crippen LogP contribution in [0.25, 0.3) is 0 Å². The number of hydrogen-bond acceptors (Lipinski definition) is 5. The number of nitrogens with zero attached hydrogens (tertiary/aromatic N) is 2. The smallest absolute Gasteiger partial charge is 0.261 e. The molecule has 0 aliphatic carbocycles. The maximum atomic E-state index is 14.6. The van der Waals surface area contributed by atoms with Crippen LogP contribution in [0.1, 0.15) is 40.5 Å². The molecule has 128 valence electrons. The molecule has 1 aromatic rings. The van der Waals surface area contributed by atoms with Crippen LogP contribution in [-0.2, 0) is 0 Å². The van der Waals surface area contributed by atoms with Gasteiger partial charge < -0.3 is 10.3 Å². The van der Waals surface area contributed by atoms with E-state index in [2.05, 4.69) is 0 Å². The molecule has 2 N–H and O–H groups in total. The summed E-state index contributed by atoms with van der Waals surface area (Å²) < 4.78 is 14.6. The fraction of sp³-hybridized carbons (Fsp3) is 0.412. The van der Waals surface area contributed by atoms with Gasteiger partial charge >= 0.3 is 0 Å². The Morgan fingerprint density at radius 3 is 2.42 bits per heavy atom. The second kappa shape index (κ2) is 6.43. The quantitative estimate of drug-likeness (QED) is 0.805. The molecule has 6 nitrogen and oxygen atoms in total. The van der Waals surface area contributed by atoms with Crippen molar-refractivity contribution in [3.63, 3.8) is 0 Å². The van der Waals surface area contributed by atoms with Gasteiger partial charge in [-0.15, -0.1) is 0 Å². The fourth-order valence-corrected chi connectivity index (χ4v) is 3.13. The normalized spacial score (nSPS) is 27.2. The molecule has 7 heteroatoms. The molecule has 0 spiro atoms. The van der Waals surface area contributed by atoms with Crippen LogP contribution in [0.15, 0.2) is 35.7 Å². The topological polar surface area (TPSA) is 81.1 Å². The van der Waals surface area contributed by atoms with E-state index < -0.39 is 30.3 Å². The minimum absolute atomic E-state index is 0.0623. The van der Waals surface area contributed by atoms with Crippen LogP contribution in [-0.4, -0.2) is 57.3 Å². The van der Waals surface area contributed by atoms with Gasteiger partial charge in [-0.05, 0) is 37.5 Å². The molecule has 0 saturated carbocycles. The molecule has 2 atom stereocenters. The van der Waals surface area contributed by atoms with E-state index in [-0.39, 0.29) is 35.7 Å². The van der Waals surface area contributed by atoms with E-state index in [9.17, 15) is 24.3 Å². The molecule has 1 fully saturated rings. The Labute approximate surface area is 138 Å². The zero-order valence-corrected chi connectivity index (χ0v) is 13.3. The van der Waals surface area contributed by atoms with E-state index >= 15 is 0 Å². The second-order valence-electron chi connectivity index (χ2n) is 6.29. The number of carbonyl (C=O) groups excluding carboxylic acids is 2. The summed E-state index contributed by atoms with van der Waals surface area (Å²) >= 11 is 0. The Kier molecular flexibility index (Phi) is 4.49. The first-order valence-electron chi connectivity index (χ1n) is 7.83. The fourth-order valence-electron chi connectivity index (χ4n) is 3.13. The minimum Gasteiger partial charge on any atom is -0.393 e. The highest BCUT2D eigenvalue weighted by Crippen LogP contribution is 2.27. The van der Waals surface area contributed by atoms with E-state index in [1.165, 1.54) is 12.1 Å². The zero-order valence-electron chi connectivity index (χ0n) is 13.3. The molecule has 2 amide bonds. The van der Waals surface area contributed by atoms with Gasteiger partial charge in [0.15, 0.2) is 0 Å². The lowest BCUT2D eigenvalue weighted by Crippen LogP contribution is -2.33. The average molecular weight is 334 g/mol. The highest BCUT2D eigenvalue weighted by atomic mass is 19.1. The highest BCUT2D eigenvalue weighted by Gasteiger charge is 2.36. The average Bonchev–Trinajstić information content (AvgIpc) is 2.70. The molecule has 24 heavy (non-hydrogen) atoms. The number of aliphatic hydroxyl groups is 1. The first-order valence-corrected chi connectivity index (χ1v) is 7.83. The van der Waals surface area contributed by atoms with Crippen LogP contribution < -0.4 is 0 Å². The largest absolute Gasteiger partial charge is 0.393 e. The predicted octanol–water partition coefficient (Wildman–Crippen LogP) is 1.74. The standard InChI is InChI=1S/C17H19FN2O4/c1-10-6-12(21)7-11(8-20(10)24)15(18)9-19-16(22)13-4-2-3-5-14(13)17(19)23/h2-5,10,12,21,24H,6-9H2,1H3/b15-11+. The van der Waals surface area contributed by atoms with Crippen LogP contribution in [0.3, 0.4) is 0 Å². The van der Waals surface area contributed by atoms with Crippen LogP contribution >= 0.6 is 0 Å². The Bertz CT molecular complexity index is 683. The van der Waals surface area contributed by atoms with Crippen molar-refractivity contribution in [1.29, 1.82) is 0 Å². The number of halogens is 1. The van der Waals surface area contributed by atoms with Crippen molar-refractivity contribution in [2.75, 3.05) is 13.1 Å². The summed E-state index contributed by atoms with van der Waals surface area (Å²) in [6, 6.07) is 6.06. The third-order valence-electron chi connectivity index (χ3n) is 4.52. The van der Waals surface area contributed by atoms with Crippen LogP contribution in [0.2, 0.25) is 0 Å². The van der Waals surface area contributed by atoms with E-state index in [1.54, 1.807) is 19.1 Å². The molecular formula is C17H19FN2O4.